The lowest BCUT2D eigenvalue weighted by molar-refractivity contribution is 0.0185. The lowest BCUT2D eigenvalue weighted by atomic mass is 10.2. The zero-order valence-corrected chi connectivity index (χ0v) is 7.27. The number of methoxy groups -OCH3 is 1. The molecule has 0 saturated carbocycles. The SMILES string of the molecule is C=CC[C@H](COC)OC/C=N/O. The minimum Gasteiger partial charge on any atom is -0.411 e. The van der Waals surface area contributed by atoms with E-state index in [0.717, 1.165) is 6.42 Å². The molecule has 1 atom stereocenters. The van der Waals surface area contributed by atoms with Gasteiger partial charge in [0.1, 0.15) is 0 Å². The van der Waals surface area contributed by atoms with Crippen molar-refractivity contribution < 1.29 is 14.7 Å². The van der Waals surface area contributed by atoms with Gasteiger partial charge in [0.2, 0.25) is 0 Å². The molecular weight excluding hydrogens is 158 g/mol. The van der Waals surface area contributed by atoms with Crippen LogP contribution in [0, 0.1) is 0 Å². The van der Waals surface area contributed by atoms with Crippen molar-refractivity contribution in [3.8, 4) is 0 Å². The zero-order valence-electron chi connectivity index (χ0n) is 7.27. The molecule has 0 saturated heterocycles. The van der Waals surface area contributed by atoms with Crippen molar-refractivity contribution in [2.24, 2.45) is 5.16 Å². The Bertz CT molecular complexity index is 136. The van der Waals surface area contributed by atoms with Crippen molar-refractivity contribution >= 4 is 6.21 Å². The highest BCUT2D eigenvalue weighted by molar-refractivity contribution is 5.57. The maximum absolute atomic E-state index is 8.08. The van der Waals surface area contributed by atoms with Crippen LogP contribution in [-0.4, -0.2) is 37.8 Å². The van der Waals surface area contributed by atoms with E-state index in [4.69, 9.17) is 14.7 Å². The number of nitrogens with zero attached hydrogens (tertiary/aromatic N) is 1. The highest BCUT2D eigenvalue weighted by Crippen LogP contribution is 1.98. The summed E-state index contributed by atoms with van der Waals surface area (Å²) >= 11 is 0. The van der Waals surface area contributed by atoms with Gasteiger partial charge in [-0.25, -0.2) is 0 Å². The second-order valence-electron chi connectivity index (χ2n) is 2.23. The van der Waals surface area contributed by atoms with Crippen molar-refractivity contribution in [1.82, 2.24) is 0 Å². The van der Waals surface area contributed by atoms with Gasteiger partial charge < -0.3 is 14.7 Å². The molecule has 4 nitrogen and oxygen atoms in total. The average Bonchev–Trinajstić information content (AvgIpc) is 2.06. The van der Waals surface area contributed by atoms with Crippen LogP contribution in [0.25, 0.3) is 0 Å². The van der Waals surface area contributed by atoms with Crippen LogP contribution in [0.2, 0.25) is 0 Å². The van der Waals surface area contributed by atoms with Gasteiger partial charge in [0, 0.05) is 7.11 Å². The third-order valence-electron chi connectivity index (χ3n) is 1.27. The Morgan fingerprint density at radius 2 is 2.42 bits per heavy atom. The number of hydrogen-bond donors (Lipinski definition) is 1. The van der Waals surface area contributed by atoms with E-state index in [1.165, 1.54) is 6.21 Å². The summed E-state index contributed by atoms with van der Waals surface area (Å²) in [6, 6.07) is 0. The molecule has 0 unspecified atom stereocenters. The van der Waals surface area contributed by atoms with Crippen molar-refractivity contribution in [2.45, 2.75) is 12.5 Å². The number of hydrogen-bond acceptors (Lipinski definition) is 4. The van der Waals surface area contributed by atoms with E-state index in [9.17, 15) is 0 Å². The smallest absolute Gasteiger partial charge is 0.0857 e. The molecule has 0 aromatic heterocycles. The van der Waals surface area contributed by atoms with E-state index in [2.05, 4.69) is 11.7 Å². The largest absolute Gasteiger partial charge is 0.411 e. The summed E-state index contributed by atoms with van der Waals surface area (Å²) in [5.41, 5.74) is 0. The quantitative estimate of drug-likeness (QED) is 0.271. The topological polar surface area (TPSA) is 51.0 Å². The molecular formula is C8H15NO3. The summed E-state index contributed by atoms with van der Waals surface area (Å²) in [5, 5.41) is 10.9. The molecule has 70 valence electrons. The molecule has 0 bridgehead atoms. The molecule has 1 N–H and O–H groups in total. The molecule has 0 spiro atoms. The van der Waals surface area contributed by atoms with Gasteiger partial charge in [-0.3, -0.25) is 0 Å². The fourth-order valence-corrected chi connectivity index (χ4v) is 0.768. The molecule has 0 amide bonds. The second kappa shape index (κ2) is 8.23. The molecule has 0 heterocycles. The van der Waals surface area contributed by atoms with Crippen molar-refractivity contribution in [3.05, 3.63) is 12.7 Å². The van der Waals surface area contributed by atoms with E-state index in [1.54, 1.807) is 13.2 Å². The van der Waals surface area contributed by atoms with Gasteiger partial charge in [-0.1, -0.05) is 11.2 Å². The van der Waals surface area contributed by atoms with Gasteiger partial charge in [0.05, 0.1) is 25.5 Å². The van der Waals surface area contributed by atoms with Crippen LogP contribution >= 0.6 is 0 Å². The molecule has 0 radical (unpaired) electrons. The van der Waals surface area contributed by atoms with E-state index in [-0.39, 0.29) is 6.10 Å². The number of oxime groups is 1. The van der Waals surface area contributed by atoms with Crippen LogP contribution < -0.4 is 0 Å². The Morgan fingerprint density at radius 3 is 2.92 bits per heavy atom. The Balaban J connectivity index is 3.54. The minimum absolute atomic E-state index is 0.00880. The van der Waals surface area contributed by atoms with Gasteiger partial charge in [0.25, 0.3) is 0 Å². The standard InChI is InChI=1S/C8H15NO3/c1-3-4-8(7-11-2)12-6-5-9-10/h3,5,8,10H,1,4,6-7H2,2H3/b9-5+/t8-/m1/s1. The predicted octanol–water partition coefficient (Wildman–Crippen LogP) is 1.05. The number of rotatable bonds is 7. The lowest BCUT2D eigenvalue weighted by Crippen LogP contribution is -2.19. The molecule has 4 heteroatoms. The first-order valence-corrected chi connectivity index (χ1v) is 3.72. The van der Waals surface area contributed by atoms with Crippen LogP contribution in [0.3, 0.4) is 0 Å². The first-order chi connectivity index (χ1) is 5.85. The van der Waals surface area contributed by atoms with Crippen LogP contribution in [0.1, 0.15) is 6.42 Å². The van der Waals surface area contributed by atoms with Gasteiger partial charge in [-0.05, 0) is 6.42 Å². The highest BCUT2D eigenvalue weighted by Gasteiger charge is 2.04. The van der Waals surface area contributed by atoms with E-state index in [0.29, 0.717) is 13.2 Å². The summed E-state index contributed by atoms with van der Waals surface area (Å²) in [5.74, 6) is 0. The molecule has 0 aliphatic rings. The summed E-state index contributed by atoms with van der Waals surface area (Å²) in [7, 11) is 1.61. The molecule has 12 heavy (non-hydrogen) atoms. The highest BCUT2D eigenvalue weighted by atomic mass is 16.5. The van der Waals surface area contributed by atoms with E-state index in [1.807, 2.05) is 0 Å². The van der Waals surface area contributed by atoms with Crippen LogP contribution in [0.5, 0.6) is 0 Å². The minimum atomic E-state index is -0.00880. The Labute approximate surface area is 72.5 Å². The van der Waals surface area contributed by atoms with Gasteiger partial charge >= 0.3 is 0 Å². The predicted molar refractivity (Wildman–Crippen MR) is 46.7 cm³/mol. The van der Waals surface area contributed by atoms with Gasteiger partial charge in [-0.15, -0.1) is 6.58 Å². The summed E-state index contributed by atoms with van der Waals surface area (Å²) < 4.78 is 10.2. The maximum Gasteiger partial charge on any atom is 0.0857 e. The molecule has 0 aromatic rings. The summed E-state index contributed by atoms with van der Waals surface area (Å²) in [6.45, 7) is 4.40. The van der Waals surface area contributed by atoms with Crippen LogP contribution in [0.4, 0.5) is 0 Å². The fourth-order valence-electron chi connectivity index (χ4n) is 0.768. The van der Waals surface area contributed by atoms with Crippen molar-refractivity contribution in [1.29, 1.82) is 0 Å². The fraction of sp³-hybridized carbons (Fsp3) is 0.625. The zero-order chi connectivity index (χ0) is 9.23. The molecule has 0 rings (SSSR count). The van der Waals surface area contributed by atoms with Crippen molar-refractivity contribution in [3.63, 3.8) is 0 Å². The Morgan fingerprint density at radius 1 is 1.67 bits per heavy atom. The lowest BCUT2D eigenvalue weighted by Gasteiger charge is -2.12. The monoisotopic (exact) mass is 173 g/mol. The third kappa shape index (κ3) is 5.88. The number of ether oxygens (including phenoxy) is 2. The summed E-state index contributed by atoms with van der Waals surface area (Å²) in [4.78, 5) is 0. The van der Waals surface area contributed by atoms with Crippen molar-refractivity contribution in [2.75, 3.05) is 20.3 Å². The Hall–Kier alpha value is -0.870. The Kier molecular flexibility index (Phi) is 7.63. The molecule has 0 aliphatic carbocycles. The van der Waals surface area contributed by atoms with Gasteiger partial charge in [0.15, 0.2) is 0 Å². The van der Waals surface area contributed by atoms with E-state index >= 15 is 0 Å². The molecule has 0 aromatic carbocycles. The van der Waals surface area contributed by atoms with Crippen LogP contribution in [-0.2, 0) is 9.47 Å². The summed E-state index contributed by atoms with van der Waals surface area (Å²) in [6.07, 6.45) is 3.77. The first-order valence-electron chi connectivity index (χ1n) is 3.72. The van der Waals surface area contributed by atoms with E-state index < -0.39 is 0 Å². The second-order valence-corrected chi connectivity index (χ2v) is 2.23. The van der Waals surface area contributed by atoms with Crippen LogP contribution in [0.15, 0.2) is 17.8 Å². The maximum atomic E-state index is 8.08. The third-order valence-corrected chi connectivity index (χ3v) is 1.27. The average molecular weight is 173 g/mol. The first kappa shape index (κ1) is 11.1. The normalized spacial score (nSPS) is 13.4. The molecule has 0 aliphatic heterocycles. The molecule has 0 fully saturated rings. The van der Waals surface area contributed by atoms with Gasteiger partial charge in [-0.2, -0.15) is 0 Å².